The molecule has 0 heterocycles. The maximum Gasteiger partial charge on any atom is 0.305 e. The smallest absolute Gasteiger partial charge is 0.305 e. The lowest BCUT2D eigenvalue weighted by Crippen LogP contribution is -2.45. The molecule has 0 rings (SSSR count). The molecular weight excluding hydrogens is 659 g/mol. The number of esters is 1. The summed E-state index contributed by atoms with van der Waals surface area (Å²) in [6.45, 7) is 4.91. The number of carbonyl (C=O) groups excluding carboxylic acids is 2. The summed E-state index contributed by atoms with van der Waals surface area (Å²) in [7, 11) is 0. The van der Waals surface area contributed by atoms with E-state index in [9.17, 15) is 19.8 Å². The molecule has 0 spiro atoms. The fraction of sp³-hybridized carbons (Fsp3) is 0.957. The van der Waals surface area contributed by atoms with Crippen molar-refractivity contribution in [3.63, 3.8) is 0 Å². The van der Waals surface area contributed by atoms with Crippen molar-refractivity contribution in [3.05, 3.63) is 0 Å². The van der Waals surface area contributed by atoms with Crippen LogP contribution in [0.1, 0.15) is 264 Å². The molecule has 6 nitrogen and oxygen atoms in total. The van der Waals surface area contributed by atoms with E-state index in [0.717, 1.165) is 51.4 Å². The van der Waals surface area contributed by atoms with Gasteiger partial charge in [0.1, 0.15) is 0 Å². The van der Waals surface area contributed by atoms with E-state index in [4.69, 9.17) is 4.74 Å². The fourth-order valence-corrected chi connectivity index (χ4v) is 7.46. The van der Waals surface area contributed by atoms with Gasteiger partial charge in [-0.15, -0.1) is 0 Å². The van der Waals surface area contributed by atoms with E-state index in [2.05, 4.69) is 19.2 Å². The van der Waals surface area contributed by atoms with Gasteiger partial charge >= 0.3 is 5.97 Å². The Morgan fingerprint density at radius 2 is 0.774 bits per heavy atom. The number of nitrogens with one attached hydrogen (secondary N) is 1. The molecule has 2 unspecified atom stereocenters. The molecular formula is C47H93NO5. The van der Waals surface area contributed by atoms with Gasteiger partial charge in [-0.25, -0.2) is 0 Å². The van der Waals surface area contributed by atoms with Crippen molar-refractivity contribution >= 4 is 11.9 Å². The highest BCUT2D eigenvalue weighted by atomic mass is 16.5. The molecule has 0 radical (unpaired) electrons. The van der Waals surface area contributed by atoms with E-state index >= 15 is 0 Å². The maximum atomic E-state index is 12.4. The molecule has 6 heteroatoms. The third kappa shape index (κ3) is 40.3. The summed E-state index contributed by atoms with van der Waals surface area (Å²) in [4.78, 5) is 24.4. The van der Waals surface area contributed by atoms with Crippen LogP contribution in [0.2, 0.25) is 0 Å². The number of carbonyl (C=O) groups is 2. The normalized spacial score (nSPS) is 12.6. The molecule has 0 aromatic heterocycles. The highest BCUT2D eigenvalue weighted by Gasteiger charge is 2.20. The van der Waals surface area contributed by atoms with Crippen LogP contribution >= 0.6 is 0 Å². The number of aliphatic hydroxyl groups excluding tert-OH is 2. The Morgan fingerprint density at radius 3 is 1.15 bits per heavy atom. The summed E-state index contributed by atoms with van der Waals surface area (Å²) in [5.74, 6) is -0.0480. The second kappa shape index (κ2) is 43.6. The van der Waals surface area contributed by atoms with Crippen molar-refractivity contribution in [1.82, 2.24) is 5.32 Å². The van der Waals surface area contributed by atoms with Crippen LogP contribution in [0.4, 0.5) is 0 Å². The predicted octanol–water partition coefficient (Wildman–Crippen LogP) is 13.6. The Kier molecular flexibility index (Phi) is 42.6. The first-order valence-corrected chi connectivity index (χ1v) is 23.8. The van der Waals surface area contributed by atoms with Gasteiger partial charge in [0.15, 0.2) is 0 Å². The first-order chi connectivity index (χ1) is 26.0. The maximum absolute atomic E-state index is 12.4. The minimum Gasteiger partial charge on any atom is -0.466 e. The van der Waals surface area contributed by atoms with Gasteiger partial charge in [-0.05, 0) is 25.7 Å². The molecule has 2 atom stereocenters. The first kappa shape index (κ1) is 51.9. The molecule has 0 aliphatic rings. The Labute approximate surface area is 330 Å². The monoisotopic (exact) mass is 752 g/mol. The molecule has 0 fully saturated rings. The topological polar surface area (TPSA) is 95.9 Å². The minimum absolute atomic E-state index is 0.00153. The summed E-state index contributed by atoms with van der Waals surface area (Å²) in [6, 6.07) is -0.545. The number of aliphatic hydroxyl groups is 2. The lowest BCUT2D eigenvalue weighted by Gasteiger charge is -2.22. The SMILES string of the molecule is CCCCCCCCCCCCCCC(=O)OCCCCCCCCCCCCCCCCC(=O)NC(CO)C(O)CCCCCCCCCCCC. The Bertz CT molecular complexity index is 746. The van der Waals surface area contributed by atoms with Crippen molar-refractivity contribution in [1.29, 1.82) is 0 Å². The molecule has 0 aromatic rings. The second-order valence-corrected chi connectivity index (χ2v) is 16.5. The summed E-state index contributed by atoms with van der Waals surface area (Å²) in [5.41, 5.74) is 0. The van der Waals surface area contributed by atoms with Gasteiger partial charge in [-0.2, -0.15) is 0 Å². The second-order valence-electron chi connectivity index (χ2n) is 16.5. The van der Waals surface area contributed by atoms with Gasteiger partial charge in [0, 0.05) is 12.8 Å². The zero-order valence-corrected chi connectivity index (χ0v) is 35.8. The molecule has 53 heavy (non-hydrogen) atoms. The highest BCUT2D eigenvalue weighted by molar-refractivity contribution is 5.76. The van der Waals surface area contributed by atoms with Crippen LogP contribution in [0.5, 0.6) is 0 Å². The molecule has 0 aromatic carbocycles. The van der Waals surface area contributed by atoms with Gasteiger partial charge in [-0.1, -0.05) is 226 Å². The van der Waals surface area contributed by atoms with Crippen LogP contribution in [0.3, 0.4) is 0 Å². The summed E-state index contributed by atoms with van der Waals surface area (Å²) < 4.78 is 5.45. The zero-order valence-electron chi connectivity index (χ0n) is 35.8. The fourth-order valence-electron chi connectivity index (χ4n) is 7.46. The van der Waals surface area contributed by atoms with Crippen LogP contribution in [-0.4, -0.2) is 47.4 Å². The molecule has 1 amide bonds. The van der Waals surface area contributed by atoms with Crippen LogP contribution in [-0.2, 0) is 14.3 Å². The van der Waals surface area contributed by atoms with Crippen LogP contribution in [0.15, 0.2) is 0 Å². The number of hydrogen-bond donors (Lipinski definition) is 3. The number of hydrogen-bond acceptors (Lipinski definition) is 5. The van der Waals surface area contributed by atoms with Crippen molar-refractivity contribution in [3.8, 4) is 0 Å². The molecule has 0 saturated carbocycles. The summed E-state index contributed by atoms with van der Waals surface area (Å²) in [5, 5.41) is 23.1. The zero-order chi connectivity index (χ0) is 38.7. The van der Waals surface area contributed by atoms with Gasteiger partial charge in [-0.3, -0.25) is 9.59 Å². The van der Waals surface area contributed by atoms with E-state index in [0.29, 0.717) is 25.9 Å². The van der Waals surface area contributed by atoms with Gasteiger partial charge in [0.25, 0.3) is 0 Å². The summed E-state index contributed by atoms with van der Waals surface area (Å²) in [6.07, 6.45) is 46.3. The third-order valence-corrected chi connectivity index (χ3v) is 11.2. The minimum atomic E-state index is -0.667. The first-order valence-electron chi connectivity index (χ1n) is 23.8. The Balaban J connectivity index is 3.42. The molecule has 3 N–H and O–H groups in total. The van der Waals surface area contributed by atoms with E-state index < -0.39 is 12.1 Å². The highest BCUT2D eigenvalue weighted by Crippen LogP contribution is 2.16. The molecule has 0 bridgehead atoms. The van der Waals surface area contributed by atoms with E-state index in [1.54, 1.807) is 0 Å². The number of unbranched alkanes of at least 4 members (excludes halogenated alkanes) is 33. The van der Waals surface area contributed by atoms with Gasteiger partial charge in [0.2, 0.25) is 5.91 Å². The average Bonchev–Trinajstić information content (AvgIpc) is 3.16. The molecule has 0 aliphatic carbocycles. The van der Waals surface area contributed by atoms with Crippen molar-refractivity contribution < 1.29 is 24.5 Å². The van der Waals surface area contributed by atoms with Crippen molar-refractivity contribution in [2.75, 3.05) is 13.2 Å². The van der Waals surface area contributed by atoms with Gasteiger partial charge < -0.3 is 20.3 Å². The quantitative estimate of drug-likeness (QED) is 0.0425. The molecule has 0 aliphatic heterocycles. The predicted molar refractivity (Wildman–Crippen MR) is 227 cm³/mol. The number of rotatable bonds is 44. The lowest BCUT2D eigenvalue weighted by molar-refractivity contribution is -0.143. The lowest BCUT2D eigenvalue weighted by atomic mass is 10.0. The number of ether oxygens (including phenoxy) is 1. The van der Waals surface area contributed by atoms with Crippen LogP contribution in [0, 0.1) is 0 Å². The number of amides is 1. The van der Waals surface area contributed by atoms with E-state index in [1.807, 2.05) is 0 Å². The van der Waals surface area contributed by atoms with E-state index in [-0.39, 0.29) is 18.5 Å². The largest absolute Gasteiger partial charge is 0.466 e. The van der Waals surface area contributed by atoms with Crippen molar-refractivity contribution in [2.45, 2.75) is 276 Å². The van der Waals surface area contributed by atoms with E-state index in [1.165, 1.54) is 180 Å². The van der Waals surface area contributed by atoms with Crippen LogP contribution in [0.25, 0.3) is 0 Å². The molecule has 316 valence electrons. The van der Waals surface area contributed by atoms with Gasteiger partial charge in [0.05, 0.1) is 25.4 Å². The van der Waals surface area contributed by atoms with Crippen LogP contribution < -0.4 is 5.32 Å². The Hall–Kier alpha value is -1.14. The summed E-state index contributed by atoms with van der Waals surface area (Å²) >= 11 is 0. The van der Waals surface area contributed by atoms with Crippen molar-refractivity contribution in [2.24, 2.45) is 0 Å². The molecule has 0 saturated heterocycles. The third-order valence-electron chi connectivity index (χ3n) is 11.2. The Morgan fingerprint density at radius 1 is 0.453 bits per heavy atom. The standard InChI is InChI=1S/C47H93NO5/c1-3-5-7-9-11-13-15-21-25-29-33-37-41-47(52)53-42-38-34-30-26-22-19-17-16-18-20-24-28-32-36-40-46(51)48-44(43-49)45(50)39-35-31-27-23-14-12-10-8-6-4-2/h44-45,49-50H,3-43H2,1-2H3,(H,48,51). The average molecular weight is 752 g/mol.